The van der Waals surface area contributed by atoms with Gasteiger partial charge in [-0.15, -0.1) is 5.56 Å². The zero-order valence-electron chi connectivity index (χ0n) is 9.67. The molecule has 0 atom stereocenters. The fraction of sp³-hybridized carbons (Fsp3) is 0.500. The van der Waals surface area contributed by atoms with E-state index in [2.05, 4.69) is 50.7 Å². The van der Waals surface area contributed by atoms with E-state index in [1.54, 1.807) is 0 Å². The Bertz CT molecular complexity index is 228. The Morgan fingerprint density at radius 1 is 1.40 bits per heavy atom. The summed E-state index contributed by atoms with van der Waals surface area (Å²) in [6.07, 6.45) is 2.55. The first-order chi connectivity index (χ1) is 7.33. The van der Waals surface area contributed by atoms with E-state index in [4.69, 9.17) is 0 Å². The van der Waals surface area contributed by atoms with Gasteiger partial charge in [-0.25, -0.2) is 0 Å². The molecule has 0 aliphatic carbocycles. The van der Waals surface area contributed by atoms with Gasteiger partial charge in [0.05, 0.1) is 0 Å². The van der Waals surface area contributed by atoms with Gasteiger partial charge in [-0.2, -0.15) is 30.3 Å². The van der Waals surface area contributed by atoms with Crippen molar-refractivity contribution in [2.24, 2.45) is 0 Å². The first kappa shape index (κ1) is 15.3. The van der Waals surface area contributed by atoms with Crippen LogP contribution in [0.3, 0.4) is 0 Å². The molecule has 0 saturated heterocycles. The minimum absolute atomic E-state index is 1.01. The third-order valence-corrected chi connectivity index (χ3v) is 2.11. The Hall–Kier alpha value is 0.283. The van der Waals surface area contributed by atoms with Crippen LogP contribution in [-0.2, 0) is 22.9 Å². The summed E-state index contributed by atoms with van der Waals surface area (Å²) in [4.78, 5) is 2.34. The van der Waals surface area contributed by atoms with Gasteiger partial charge >= 0.3 is 30.0 Å². The van der Waals surface area contributed by atoms with Gasteiger partial charge in [-0.3, -0.25) is 0 Å². The maximum absolute atomic E-state index is 3.23. The van der Waals surface area contributed by atoms with Crippen molar-refractivity contribution in [2.75, 3.05) is 13.6 Å². The molecule has 0 unspecified atom stereocenters. The van der Waals surface area contributed by atoms with Crippen LogP contribution in [0.2, 0.25) is 0 Å². The summed E-state index contributed by atoms with van der Waals surface area (Å²) >= 11 is 4.25. The second-order valence-corrected chi connectivity index (χ2v) is 3.48. The van der Waals surface area contributed by atoms with Crippen molar-refractivity contribution in [1.29, 1.82) is 0 Å². The van der Waals surface area contributed by atoms with E-state index in [-0.39, 0.29) is 0 Å². The first-order valence-electron chi connectivity index (χ1n) is 5.23. The summed E-state index contributed by atoms with van der Waals surface area (Å²) in [7, 11) is 2.16. The minimum atomic E-state index is 1.01. The normalized spacial score (nSPS) is 9.73. The standard InChI is InChI=1S/C12H18N.BrH.Zn/c1-3-4-10-13(2)11-12-8-6-5-7-9-12;;/h5-8H,3-4,10-11H2,1-2H3;1H;/q-1;;+2/p-1. The number of hydrogen-bond acceptors (Lipinski definition) is 1. The van der Waals surface area contributed by atoms with Crippen molar-refractivity contribution in [2.45, 2.75) is 26.3 Å². The van der Waals surface area contributed by atoms with E-state index in [9.17, 15) is 0 Å². The molecule has 0 fully saturated rings. The summed E-state index contributed by atoms with van der Waals surface area (Å²) in [5.41, 5.74) is 1.28. The molecule has 0 aliphatic heterocycles. The van der Waals surface area contributed by atoms with Crippen LogP contribution >= 0.6 is 13.6 Å². The topological polar surface area (TPSA) is 3.24 Å². The number of unbranched alkanes of at least 4 members (excludes halogenated alkanes) is 1. The Balaban J connectivity index is 0.000000921. The van der Waals surface area contributed by atoms with Gasteiger partial charge < -0.3 is 4.90 Å². The summed E-state index contributed by atoms with van der Waals surface area (Å²) in [6, 6.07) is 11.4. The SMILES string of the molecule is CCCCN(C)Cc1[c-]cccc1.[Zn+][Br]. The van der Waals surface area contributed by atoms with Gasteiger partial charge in [-0.05, 0) is 20.0 Å². The molecule has 0 aliphatic rings. The third kappa shape index (κ3) is 8.13. The van der Waals surface area contributed by atoms with Crippen molar-refractivity contribution in [3.63, 3.8) is 0 Å². The average Bonchev–Trinajstić information content (AvgIpc) is 2.30. The second kappa shape index (κ2) is 10.8. The van der Waals surface area contributed by atoms with Crippen molar-refractivity contribution in [3.05, 3.63) is 35.9 Å². The van der Waals surface area contributed by atoms with Crippen molar-refractivity contribution in [3.8, 4) is 0 Å². The average molecular weight is 322 g/mol. The molecule has 1 aromatic carbocycles. The molecule has 0 bridgehead atoms. The molecule has 0 heterocycles. The van der Waals surface area contributed by atoms with E-state index in [1.165, 1.54) is 41.3 Å². The van der Waals surface area contributed by atoms with E-state index < -0.39 is 0 Å². The van der Waals surface area contributed by atoms with Crippen LogP contribution in [-0.4, -0.2) is 18.5 Å². The summed E-state index contributed by atoms with van der Waals surface area (Å²) < 4.78 is 0. The zero-order chi connectivity index (χ0) is 11.5. The predicted molar refractivity (Wildman–Crippen MR) is 65.4 cm³/mol. The van der Waals surface area contributed by atoms with Gasteiger partial charge in [0.1, 0.15) is 0 Å². The second-order valence-electron chi connectivity index (χ2n) is 3.48. The molecule has 0 amide bonds. The van der Waals surface area contributed by atoms with Crippen molar-refractivity contribution >= 4 is 13.6 Å². The van der Waals surface area contributed by atoms with Crippen LogP contribution in [0, 0.1) is 6.07 Å². The van der Waals surface area contributed by atoms with Crippen LogP contribution in [0.5, 0.6) is 0 Å². The first-order valence-corrected chi connectivity index (χ1v) is 12.2. The van der Waals surface area contributed by atoms with Gasteiger partial charge in [0, 0.05) is 6.54 Å². The Morgan fingerprint density at radius 3 is 2.67 bits per heavy atom. The number of benzene rings is 1. The molecule has 0 spiro atoms. The summed E-state index contributed by atoms with van der Waals surface area (Å²) in [5.74, 6) is 0. The molecular weight excluding hydrogens is 303 g/mol. The third-order valence-electron chi connectivity index (χ3n) is 2.11. The molecule has 0 aromatic heterocycles. The van der Waals surface area contributed by atoms with Crippen LogP contribution < -0.4 is 0 Å². The van der Waals surface area contributed by atoms with E-state index in [0.29, 0.717) is 0 Å². The fourth-order valence-electron chi connectivity index (χ4n) is 1.33. The molecule has 0 saturated carbocycles. The molecule has 3 heteroatoms. The fourth-order valence-corrected chi connectivity index (χ4v) is 1.33. The van der Waals surface area contributed by atoms with Crippen molar-refractivity contribution in [1.82, 2.24) is 4.90 Å². The molecule has 1 nitrogen and oxygen atoms in total. The molecule has 80 valence electrons. The molecule has 0 radical (unpaired) electrons. The van der Waals surface area contributed by atoms with E-state index >= 15 is 0 Å². The Labute approximate surface area is 110 Å². The van der Waals surface area contributed by atoms with E-state index in [1.807, 2.05) is 12.1 Å². The van der Waals surface area contributed by atoms with E-state index in [0.717, 1.165) is 6.54 Å². The quantitative estimate of drug-likeness (QED) is 0.592. The van der Waals surface area contributed by atoms with Gasteiger partial charge in [0.25, 0.3) is 0 Å². The predicted octanol–water partition coefficient (Wildman–Crippen LogP) is 3.56. The molecular formula is C12H18BrNZn. The maximum atomic E-state index is 3.23. The van der Waals surface area contributed by atoms with Crippen LogP contribution in [0.25, 0.3) is 0 Å². The van der Waals surface area contributed by atoms with Gasteiger partial charge in [0.15, 0.2) is 0 Å². The number of nitrogens with zero attached hydrogens (tertiary/aromatic N) is 1. The molecule has 0 N–H and O–H groups in total. The monoisotopic (exact) mass is 319 g/mol. The van der Waals surface area contributed by atoms with Gasteiger partial charge in [0.2, 0.25) is 0 Å². The summed E-state index contributed by atoms with van der Waals surface area (Å²) in [6.45, 7) is 4.42. The van der Waals surface area contributed by atoms with Crippen molar-refractivity contribution < 1.29 is 16.3 Å². The van der Waals surface area contributed by atoms with Crippen LogP contribution in [0.15, 0.2) is 24.3 Å². The summed E-state index contributed by atoms with van der Waals surface area (Å²) in [5, 5.41) is 0. The van der Waals surface area contributed by atoms with Gasteiger partial charge in [-0.1, -0.05) is 13.3 Å². The Morgan fingerprint density at radius 2 is 2.13 bits per heavy atom. The Kier molecular flexibility index (Phi) is 11.0. The van der Waals surface area contributed by atoms with Crippen LogP contribution in [0.4, 0.5) is 0 Å². The molecule has 15 heavy (non-hydrogen) atoms. The van der Waals surface area contributed by atoms with Crippen LogP contribution in [0.1, 0.15) is 25.3 Å². The molecule has 1 rings (SSSR count). The molecule has 1 aromatic rings. The zero-order valence-corrected chi connectivity index (χ0v) is 14.2. The number of hydrogen-bond donors (Lipinski definition) is 0. The number of rotatable bonds is 5. The number of halogens is 1.